The number of likely N-dealkylation sites (tertiary alicyclic amines) is 1. The molecular formula is C14H24N2OS. The van der Waals surface area contributed by atoms with E-state index in [1.165, 1.54) is 29.4 Å². The third-order valence-corrected chi connectivity index (χ3v) is 5.09. The molecule has 0 aromatic carbocycles. The zero-order valence-corrected chi connectivity index (χ0v) is 12.4. The molecule has 2 atom stereocenters. The summed E-state index contributed by atoms with van der Waals surface area (Å²) in [6.07, 6.45) is 4.34. The van der Waals surface area contributed by atoms with Crippen molar-refractivity contribution >= 4 is 11.3 Å². The molecule has 3 nitrogen and oxygen atoms in total. The van der Waals surface area contributed by atoms with E-state index in [4.69, 9.17) is 5.11 Å². The molecule has 1 aliphatic rings. The Morgan fingerprint density at radius 1 is 1.50 bits per heavy atom. The molecule has 18 heavy (non-hydrogen) atoms. The van der Waals surface area contributed by atoms with Gasteiger partial charge in [-0.3, -0.25) is 0 Å². The third kappa shape index (κ3) is 3.31. The van der Waals surface area contributed by atoms with Crippen molar-refractivity contribution in [3.63, 3.8) is 0 Å². The molecular weight excluding hydrogens is 244 g/mol. The predicted molar refractivity (Wildman–Crippen MR) is 76.1 cm³/mol. The van der Waals surface area contributed by atoms with Crippen molar-refractivity contribution in [3.8, 4) is 0 Å². The van der Waals surface area contributed by atoms with Gasteiger partial charge >= 0.3 is 0 Å². The number of aliphatic hydroxyl groups excluding tert-OH is 1. The number of thiazole rings is 1. The van der Waals surface area contributed by atoms with Gasteiger partial charge in [0.1, 0.15) is 0 Å². The fourth-order valence-electron chi connectivity index (χ4n) is 2.48. The van der Waals surface area contributed by atoms with Crippen LogP contribution in [0.25, 0.3) is 0 Å². The molecule has 4 heteroatoms. The van der Waals surface area contributed by atoms with Crippen LogP contribution in [0, 0.1) is 5.92 Å². The average molecular weight is 268 g/mol. The van der Waals surface area contributed by atoms with Crippen molar-refractivity contribution in [2.45, 2.75) is 45.6 Å². The Morgan fingerprint density at radius 2 is 2.28 bits per heavy atom. The summed E-state index contributed by atoms with van der Waals surface area (Å²) >= 11 is 1.77. The minimum Gasteiger partial charge on any atom is -0.396 e. The zero-order chi connectivity index (χ0) is 13.1. The first-order chi connectivity index (χ1) is 8.60. The number of hydrogen-bond acceptors (Lipinski definition) is 4. The van der Waals surface area contributed by atoms with Gasteiger partial charge in [-0.1, -0.05) is 6.92 Å². The van der Waals surface area contributed by atoms with Gasteiger partial charge in [0.25, 0.3) is 0 Å². The highest BCUT2D eigenvalue weighted by atomic mass is 32.1. The lowest BCUT2D eigenvalue weighted by Crippen LogP contribution is -2.28. The average Bonchev–Trinajstić information content (AvgIpc) is 2.98. The van der Waals surface area contributed by atoms with E-state index in [0.717, 1.165) is 12.3 Å². The highest BCUT2D eigenvalue weighted by molar-refractivity contribution is 7.11. The normalized spacial score (nSPS) is 22.8. The largest absolute Gasteiger partial charge is 0.396 e. The molecule has 0 saturated carbocycles. The second kappa shape index (κ2) is 6.13. The fraction of sp³-hybridized carbons (Fsp3) is 0.786. The molecule has 0 aliphatic carbocycles. The fourth-order valence-corrected chi connectivity index (χ4v) is 3.56. The Labute approximate surface area is 114 Å². The van der Waals surface area contributed by atoms with Crippen LogP contribution in [0.1, 0.15) is 43.0 Å². The summed E-state index contributed by atoms with van der Waals surface area (Å²) < 4.78 is 0. The maximum atomic E-state index is 9.15. The summed E-state index contributed by atoms with van der Waals surface area (Å²) in [4.78, 5) is 8.27. The lowest BCUT2D eigenvalue weighted by molar-refractivity contribution is 0.265. The van der Waals surface area contributed by atoms with Crippen LogP contribution in [0.2, 0.25) is 0 Å². The van der Waals surface area contributed by atoms with Crippen LogP contribution in [0.3, 0.4) is 0 Å². The molecule has 2 rings (SSSR count). The molecule has 0 amide bonds. The van der Waals surface area contributed by atoms with E-state index in [-0.39, 0.29) is 12.5 Å². The summed E-state index contributed by atoms with van der Waals surface area (Å²) in [6.45, 7) is 9.24. The van der Waals surface area contributed by atoms with Crippen LogP contribution in [0.15, 0.2) is 6.20 Å². The van der Waals surface area contributed by atoms with Crippen LogP contribution in [0.5, 0.6) is 0 Å². The summed E-state index contributed by atoms with van der Waals surface area (Å²) in [7, 11) is 0. The molecule has 2 heterocycles. The van der Waals surface area contributed by atoms with Gasteiger partial charge in [0.05, 0.1) is 11.6 Å². The molecule has 1 aromatic rings. The first-order valence-electron chi connectivity index (χ1n) is 6.89. The monoisotopic (exact) mass is 268 g/mol. The van der Waals surface area contributed by atoms with E-state index in [0.29, 0.717) is 6.04 Å². The van der Waals surface area contributed by atoms with Crippen molar-refractivity contribution < 1.29 is 5.11 Å². The Morgan fingerprint density at radius 3 is 2.89 bits per heavy atom. The quantitative estimate of drug-likeness (QED) is 0.891. The highest BCUT2D eigenvalue weighted by Gasteiger charge is 2.25. The smallest absolute Gasteiger partial charge is 0.0931 e. The van der Waals surface area contributed by atoms with Gasteiger partial charge < -0.3 is 10.0 Å². The summed E-state index contributed by atoms with van der Waals surface area (Å²) in [6, 6.07) is 0.663. The molecule has 2 unspecified atom stereocenters. The first-order valence-corrected chi connectivity index (χ1v) is 7.71. The molecule has 1 aliphatic heterocycles. The minimum atomic E-state index is 0.214. The number of hydrogen-bond donors (Lipinski definition) is 1. The number of aliphatic hydroxyl groups is 1. The topological polar surface area (TPSA) is 36.4 Å². The Bertz CT molecular complexity index is 378. The number of nitrogens with zero attached hydrogens (tertiary/aromatic N) is 2. The Hall–Kier alpha value is -0.450. The van der Waals surface area contributed by atoms with E-state index in [9.17, 15) is 0 Å². The number of rotatable bonds is 5. The SMILES string of the molecule is CC(CO)c1cnc(CC2CCN(C(C)C)C2)s1. The predicted octanol–water partition coefficient (Wildman–Crippen LogP) is 2.51. The molecule has 0 radical (unpaired) electrons. The van der Waals surface area contributed by atoms with Gasteiger partial charge in [0.2, 0.25) is 0 Å². The van der Waals surface area contributed by atoms with Crippen molar-refractivity contribution in [3.05, 3.63) is 16.1 Å². The van der Waals surface area contributed by atoms with Crippen molar-refractivity contribution in [2.24, 2.45) is 5.92 Å². The van der Waals surface area contributed by atoms with Crippen molar-refractivity contribution in [1.82, 2.24) is 9.88 Å². The van der Waals surface area contributed by atoms with E-state index in [1.54, 1.807) is 11.3 Å². The van der Waals surface area contributed by atoms with Gasteiger partial charge in [-0.25, -0.2) is 4.98 Å². The molecule has 102 valence electrons. The standard InChI is InChI=1S/C14H24N2OS/c1-10(2)16-5-4-12(8-16)6-14-15-7-13(18-14)11(3)9-17/h7,10-12,17H,4-6,8-9H2,1-3H3. The van der Waals surface area contributed by atoms with E-state index in [2.05, 4.69) is 23.7 Å². The zero-order valence-electron chi connectivity index (χ0n) is 11.6. The maximum Gasteiger partial charge on any atom is 0.0931 e. The van der Waals surface area contributed by atoms with Gasteiger partial charge in [-0.05, 0) is 32.7 Å². The highest BCUT2D eigenvalue weighted by Crippen LogP contribution is 2.27. The van der Waals surface area contributed by atoms with E-state index >= 15 is 0 Å². The Balaban J connectivity index is 1.89. The summed E-state index contributed by atoms with van der Waals surface area (Å²) in [5, 5.41) is 10.4. The van der Waals surface area contributed by atoms with Crippen LogP contribution in [-0.2, 0) is 6.42 Å². The molecule has 0 spiro atoms. The minimum absolute atomic E-state index is 0.214. The van der Waals surface area contributed by atoms with Crippen LogP contribution >= 0.6 is 11.3 Å². The number of aromatic nitrogens is 1. The van der Waals surface area contributed by atoms with Gasteiger partial charge in [0, 0.05) is 36.0 Å². The third-order valence-electron chi connectivity index (χ3n) is 3.84. The molecule has 1 aromatic heterocycles. The molecule has 1 N–H and O–H groups in total. The van der Waals surface area contributed by atoms with Crippen LogP contribution in [-0.4, -0.2) is 40.7 Å². The maximum absolute atomic E-state index is 9.15. The Kier molecular flexibility index (Phi) is 4.76. The first kappa shape index (κ1) is 14.0. The second-order valence-electron chi connectivity index (χ2n) is 5.69. The summed E-state index contributed by atoms with van der Waals surface area (Å²) in [5.41, 5.74) is 0. The van der Waals surface area contributed by atoms with Gasteiger partial charge in [-0.15, -0.1) is 11.3 Å². The second-order valence-corrected chi connectivity index (χ2v) is 6.83. The lowest BCUT2D eigenvalue weighted by atomic mass is 10.1. The molecule has 0 bridgehead atoms. The van der Waals surface area contributed by atoms with Crippen molar-refractivity contribution in [2.75, 3.05) is 19.7 Å². The molecule has 1 fully saturated rings. The van der Waals surface area contributed by atoms with Gasteiger partial charge in [-0.2, -0.15) is 0 Å². The van der Waals surface area contributed by atoms with E-state index < -0.39 is 0 Å². The van der Waals surface area contributed by atoms with Crippen molar-refractivity contribution in [1.29, 1.82) is 0 Å². The lowest BCUT2D eigenvalue weighted by Gasteiger charge is -2.19. The molecule has 1 saturated heterocycles. The van der Waals surface area contributed by atoms with Crippen LogP contribution < -0.4 is 0 Å². The van der Waals surface area contributed by atoms with Gasteiger partial charge in [0.15, 0.2) is 0 Å². The summed E-state index contributed by atoms with van der Waals surface area (Å²) in [5.74, 6) is 0.989. The van der Waals surface area contributed by atoms with Crippen LogP contribution in [0.4, 0.5) is 0 Å². The van der Waals surface area contributed by atoms with E-state index in [1.807, 2.05) is 13.1 Å².